The molecule has 1 atom stereocenters. The van der Waals surface area contributed by atoms with Crippen molar-refractivity contribution >= 4 is 28.3 Å². The smallest absolute Gasteiger partial charge is 0.270 e. The van der Waals surface area contributed by atoms with Gasteiger partial charge in [0.15, 0.2) is 0 Å². The largest absolute Gasteiger partial charge is 0.393 e. The SMILES string of the molecule is CC.Cc1cccc2c1NNC2CS/C(=C(\N)C(=O)N1CCC(N2CCCC2)CC1)c1cccnc1. The Balaban J connectivity index is 0.00000148. The number of carbonyl (C=O) groups excluding carboxylic acids is 1. The number of aromatic nitrogens is 1. The maximum Gasteiger partial charge on any atom is 0.270 e. The lowest BCUT2D eigenvalue weighted by molar-refractivity contribution is -0.128. The summed E-state index contributed by atoms with van der Waals surface area (Å²) < 4.78 is 0. The highest BCUT2D eigenvalue weighted by Crippen LogP contribution is 2.37. The molecule has 2 aromatic rings. The molecule has 1 unspecified atom stereocenters. The molecule has 2 fully saturated rings. The van der Waals surface area contributed by atoms with E-state index < -0.39 is 0 Å². The van der Waals surface area contributed by atoms with Gasteiger partial charge < -0.3 is 21.0 Å². The van der Waals surface area contributed by atoms with Gasteiger partial charge in [-0.3, -0.25) is 9.78 Å². The lowest BCUT2D eigenvalue weighted by Gasteiger charge is -2.36. The molecule has 0 aliphatic carbocycles. The number of rotatable bonds is 6. The average Bonchev–Trinajstić information content (AvgIpc) is 3.62. The Labute approximate surface area is 219 Å². The minimum Gasteiger partial charge on any atom is -0.393 e. The number of likely N-dealkylation sites (tertiary alicyclic amines) is 2. The van der Waals surface area contributed by atoms with E-state index in [1.54, 1.807) is 24.2 Å². The lowest BCUT2D eigenvalue weighted by atomic mass is 10.0. The van der Waals surface area contributed by atoms with Gasteiger partial charge in [-0.2, -0.15) is 0 Å². The van der Waals surface area contributed by atoms with E-state index in [9.17, 15) is 4.79 Å². The van der Waals surface area contributed by atoms with Crippen LogP contribution in [-0.2, 0) is 4.79 Å². The highest BCUT2D eigenvalue weighted by Gasteiger charge is 2.30. The van der Waals surface area contributed by atoms with Crippen LogP contribution in [0.2, 0.25) is 0 Å². The molecular formula is C28H40N6OS. The number of hydrazine groups is 1. The van der Waals surface area contributed by atoms with E-state index in [-0.39, 0.29) is 11.9 Å². The minimum atomic E-state index is -0.0556. The minimum absolute atomic E-state index is 0.0556. The van der Waals surface area contributed by atoms with E-state index in [1.807, 2.05) is 30.9 Å². The quantitative estimate of drug-likeness (QED) is 0.494. The normalized spacial score (nSPS) is 20.8. The summed E-state index contributed by atoms with van der Waals surface area (Å²) in [6, 6.07) is 10.9. The van der Waals surface area contributed by atoms with Crippen LogP contribution in [0.1, 0.15) is 62.3 Å². The van der Waals surface area contributed by atoms with Gasteiger partial charge in [0.05, 0.1) is 11.7 Å². The van der Waals surface area contributed by atoms with Crippen LogP contribution in [0.15, 0.2) is 48.4 Å². The third kappa shape index (κ3) is 5.88. The van der Waals surface area contributed by atoms with Crippen LogP contribution < -0.4 is 16.6 Å². The number of hydrogen-bond acceptors (Lipinski definition) is 7. The van der Waals surface area contributed by atoms with Crippen molar-refractivity contribution in [1.82, 2.24) is 20.2 Å². The van der Waals surface area contributed by atoms with Crippen molar-refractivity contribution in [2.75, 3.05) is 37.4 Å². The maximum atomic E-state index is 13.4. The molecule has 36 heavy (non-hydrogen) atoms. The molecule has 5 rings (SSSR count). The Hall–Kier alpha value is -2.55. The first-order valence-corrected chi connectivity index (χ1v) is 14.3. The van der Waals surface area contributed by atoms with E-state index >= 15 is 0 Å². The molecule has 0 spiro atoms. The number of nitrogens with zero attached hydrogens (tertiary/aromatic N) is 3. The van der Waals surface area contributed by atoms with Gasteiger partial charge in [0, 0.05) is 47.7 Å². The summed E-state index contributed by atoms with van der Waals surface area (Å²) in [6.07, 6.45) is 8.20. The number of amides is 1. The van der Waals surface area contributed by atoms with Crippen molar-refractivity contribution in [3.05, 3.63) is 65.1 Å². The second-order valence-corrected chi connectivity index (χ2v) is 10.5. The Bertz CT molecular complexity index is 1050. The Morgan fingerprint density at radius 1 is 1.11 bits per heavy atom. The molecule has 194 valence electrons. The molecule has 4 N–H and O–H groups in total. The van der Waals surface area contributed by atoms with Gasteiger partial charge >= 0.3 is 0 Å². The van der Waals surface area contributed by atoms with Gasteiger partial charge in [0.25, 0.3) is 5.91 Å². The van der Waals surface area contributed by atoms with Crippen LogP contribution in [0, 0.1) is 6.92 Å². The van der Waals surface area contributed by atoms with Crippen LogP contribution in [0.5, 0.6) is 0 Å². The molecule has 3 aliphatic rings. The maximum absolute atomic E-state index is 13.4. The molecule has 4 heterocycles. The topological polar surface area (TPSA) is 86.5 Å². The highest BCUT2D eigenvalue weighted by atomic mass is 32.2. The van der Waals surface area contributed by atoms with Crippen LogP contribution in [-0.4, -0.2) is 58.7 Å². The third-order valence-electron chi connectivity index (χ3n) is 7.25. The number of para-hydroxylation sites is 1. The second kappa shape index (κ2) is 12.6. The van der Waals surface area contributed by atoms with E-state index in [0.717, 1.165) is 47.8 Å². The van der Waals surface area contributed by atoms with E-state index in [2.05, 4.69) is 45.9 Å². The molecule has 1 aromatic carbocycles. The van der Waals surface area contributed by atoms with E-state index in [0.29, 0.717) is 11.7 Å². The monoisotopic (exact) mass is 508 g/mol. The second-order valence-electron chi connectivity index (χ2n) is 9.42. The average molecular weight is 509 g/mol. The standard InChI is InChI=1S/C26H34N6OS.C2H6/c1-18-6-4-8-21-22(29-30-24(18)21)17-34-25(19-7-5-11-28-16-19)23(27)26(33)32-14-9-20(10-15-32)31-12-2-3-13-31;1-2/h4-8,11,16,20,22,29-30H,2-3,9-10,12-15,17,27H2,1H3;1-2H3/b25-23-;. The molecule has 2 saturated heterocycles. The fourth-order valence-electron chi connectivity index (χ4n) is 5.31. The fraction of sp³-hybridized carbons (Fsp3) is 0.500. The van der Waals surface area contributed by atoms with Crippen molar-refractivity contribution in [2.24, 2.45) is 5.73 Å². The Kier molecular flexibility index (Phi) is 9.29. The number of piperidine rings is 1. The summed E-state index contributed by atoms with van der Waals surface area (Å²) in [5.74, 6) is 0.693. The Morgan fingerprint density at radius 3 is 2.56 bits per heavy atom. The number of hydrogen-bond donors (Lipinski definition) is 3. The van der Waals surface area contributed by atoms with Gasteiger partial charge in [-0.15, -0.1) is 11.8 Å². The number of pyridine rings is 1. The Morgan fingerprint density at radius 2 is 1.86 bits per heavy atom. The van der Waals surface area contributed by atoms with E-state index in [4.69, 9.17) is 5.73 Å². The van der Waals surface area contributed by atoms with Gasteiger partial charge in [-0.05, 0) is 62.9 Å². The summed E-state index contributed by atoms with van der Waals surface area (Å²) in [5.41, 5.74) is 18.1. The van der Waals surface area contributed by atoms with Crippen LogP contribution in [0.3, 0.4) is 0 Å². The molecule has 8 heteroatoms. The van der Waals surface area contributed by atoms with Crippen LogP contribution in [0.4, 0.5) is 5.69 Å². The zero-order chi connectivity index (χ0) is 25.5. The number of fused-ring (bicyclic) bond motifs is 1. The molecule has 1 amide bonds. The summed E-state index contributed by atoms with van der Waals surface area (Å²) in [5, 5.41) is 0. The zero-order valence-corrected chi connectivity index (χ0v) is 22.6. The lowest BCUT2D eigenvalue weighted by Crippen LogP contribution is -2.47. The van der Waals surface area contributed by atoms with Crippen molar-refractivity contribution < 1.29 is 4.79 Å². The molecule has 7 nitrogen and oxygen atoms in total. The summed E-state index contributed by atoms with van der Waals surface area (Å²) >= 11 is 1.62. The van der Waals surface area contributed by atoms with Crippen molar-refractivity contribution in [3.8, 4) is 0 Å². The van der Waals surface area contributed by atoms with Gasteiger partial charge in [-0.25, -0.2) is 5.43 Å². The molecule has 0 bridgehead atoms. The number of nitrogens with two attached hydrogens (primary N) is 1. The van der Waals surface area contributed by atoms with Crippen LogP contribution in [0.25, 0.3) is 4.91 Å². The van der Waals surface area contributed by atoms with Crippen molar-refractivity contribution in [3.63, 3.8) is 0 Å². The molecule has 0 saturated carbocycles. The summed E-state index contributed by atoms with van der Waals surface area (Å²) in [4.78, 5) is 23.1. The number of carbonyl (C=O) groups is 1. The first-order chi connectivity index (χ1) is 17.6. The van der Waals surface area contributed by atoms with Gasteiger partial charge in [0.2, 0.25) is 0 Å². The number of nitrogens with one attached hydrogen (secondary N) is 2. The zero-order valence-electron chi connectivity index (χ0n) is 21.8. The first kappa shape index (κ1) is 26.5. The van der Waals surface area contributed by atoms with Gasteiger partial charge in [0.1, 0.15) is 5.70 Å². The predicted molar refractivity (Wildman–Crippen MR) is 150 cm³/mol. The number of anilines is 1. The third-order valence-corrected chi connectivity index (χ3v) is 8.50. The molecule has 0 radical (unpaired) electrons. The first-order valence-electron chi connectivity index (χ1n) is 13.3. The molecular weight excluding hydrogens is 468 g/mol. The molecule has 3 aliphatic heterocycles. The van der Waals surface area contributed by atoms with Crippen molar-refractivity contribution in [1.29, 1.82) is 0 Å². The molecule has 1 aromatic heterocycles. The highest BCUT2D eigenvalue weighted by molar-refractivity contribution is 8.08. The van der Waals surface area contributed by atoms with Crippen LogP contribution >= 0.6 is 11.8 Å². The number of aryl methyl sites for hydroxylation is 1. The number of benzene rings is 1. The van der Waals surface area contributed by atoms with E-state index in [1.165, 1.54) is 37.1 Å². The number of thioether (sulfide) groups is 1. The summed E-state index contributed by atoms with van der Waals surface area (Å²) in [7, 11) is 0. The fourth-order valence-corrected chi connectivity index (χ4v) is 6.44. The van der Waals surface area contributed by atoms with Crippen molar-refractivity contribution in [2.45, 2.75) is 58.5 Å². The van der Waals surface area contributed by atoms with Gasteiger partial charge in [-0.1, -0.05) is 38.1 Å². The summed E-state index contributed by atoms with van der Waals surface area (Å²) in [6.45, 7) is 10.1. The predicted octanol–water partition coefficient (Wildman–Crippen LogP) is 4.53.